The van der Waals surface area contributed by atoms with Crippen LogP contribution in [0.3, 0.4) is 0 Å². The minimum absolute atomic E-state index is 0.0402. The van der Waals surface area contributed by atoms with Gasteiger partial charge in [0.25, 0.3) is 0 Å². The molecular formula is C32H38Cl2N2O4S. The number of halogens is 2. The minimum atomic E-state index is -3.94. The molecule has 0 unspecified atom stereocenters. The predicted octanol–water partition coefficient (Wildman–Crippen LogP) is 6.72. The van der Waals surface area contributed by atoms with Gasteiger partial charge in [0.1, 0.15) is 4.90 Å². The molecule has 0 amide bonds. The highest BCUT2D eigenvalue weighted by atomic mass is 35.5. The van der Waals surface area contributed by atoms with E-state index in [1.807, 2.05) is 6.92 Å². The van der Waals surface area contributed by atoms with E-state index < -0.39 is 16.0 Å². The first-order chi connectivity index (χ1) is 19.2. The molecule has 3 aromatic rings. The van der Waals surface area contributed by atoms with E-state index in [1.54, 1.807) is 43.4 Å². The maximum Gasteiger partial charge on any atom is 0.307 e. The highest BCUT2D eigenvalue weighted by molar-refractivity contribution is 7.89. The fraction of sp³-hybridized carbons (Fsp3) is 0.406. The van der Waals surface area contributed by atoms with Crippen LogP contribution in [0.2, 0.25) is 10.0 Å². The van der Waals surface area contributed by atoms with Crippen LogP contribution in [0.4, 0.5) is 0 Å². The highest BCUT2D eigenvalue weighted by Gasteiger charge is 2.30. The number of rotatable bonds is 12. The van der Waals surface area contributed by atoms with Crippen molar-refractivity contribution in [3.63, 3.8) is 0 Å². The summed E-state index contributed by atoms with van der Waals surface area (Å²) in [5.41, 5.74) is 4.89. The molecule has 0 fully saturated rings. The van der Waals surface area contributed by atoms with Crippen molar-refractivity contribution < 1.29 is 18.3 Å². The number of fused-ring (bicyclic) bond motifs is 1. The number of sulfonamides is 1. The van der Waals surface area contributed by atoms with E-state index in [2.05, 4.69) is 43.4 Å². The van der Waals surface area contributed by atoms with Crippen LogP contribution < -0.4 is 5.32 Å². The van der Waals surface area contributed by atoms with Gasteiger partial charge in [0, 0.05) is 19.1 Å². The zero-order valence-electron chi connectivity index (χ0n) is 24.0. The van der Waals surface area contributed by atoms with Crippen molar-refractivity contribution in [3.8, 4) is 11.1 Å². The first-order valence-electron chi connectivity index (χ1n) is 13.8. The standard InChI is InChI=1S/C32H38Cl2N2O4S/c1-21(19-35-32(2,3)18-23-13-25-7-5-6-8-26(25)14-23)20-36(4)41(39,40)31-28(33)16-27(17-29(31)34)24-11-9-22(10-12-24)15-30(37)38/h5-12,16-17,21,23,35H,13-15,18-20H2,1-4H3,(H,37,38)/t21-/m0/s1. The number of hydrogen-bond acceptors (Lipinski definition) is 4. The SMILES string of the molecule is C[C@@H](CNC(C)(C)CC1Cc2ccccc2C1)CN(C)S(=O)(=O)c1c(Cl)cc(-c2ccc(CC(=O)O)cc2)cc1Cl. The first kappa shape index (κ1) is 31.5. The monoisotopic (exact) mass is 616 g/mol. The van der Waals surface area contributed by atoms with Crippen LogP contribution in [0.1, 0.15) is 43.9 Å². The Labute approximate surface area is 253 Å². The Morgan fingerprint density at radius 1 is 1.02 bits per heavy atom. The molecule has 2 N–H and O–H groups in total. The number of nitrogens with one attached hydrogen (secondary N) is 1. The number of nitrogens with zero attached hydrogens (tertiary/aromatic N) is 1. The topological polar surface area (TPSA) is 86.7 Å². The van der Waals surface area contributed by atoms with Crippen LogP contribution in [0.5, 0.6) is 0 Å². The average Bonchev–Trinajstić information content (AvgIpc) is 3.28. The summed E-state index contributed by atoms with van der Waals surface area (Å²) in [6.07, 6.45) is 3.18. The van der Waals surface area contributed by atoms with Gasteiger partial charge in [0.2, 0.25) is 10.0 Å². The third-order valence-corrected chi connectivity index (χ3v) is 10.5. The molecule has 1 aliphatic carbocycles. The number of aliphatic carboxylic acids is 1. The molecule has 0 radical (unpaired) electrons. The van der Waals surface area contributed by atoms with Crippen molar-refractivity contribution in [1.29, 1.82) is 0 Å². The van der Waals surface area contributed by atoms with Gasteiger partial charge in [0.05, 0.1) is 16.5 Å². The Bertz CT molecular complexity index is 1460. The summed E-state index contributed by atoms with van der Waals surface area (Å²) in [5.74, 6) is -0.258. The van der Waals surface area contributed by atoms with Crippen LogP contribution in [0.15, 0.2) is 65.6 Å². The van der Waals surface area contributed by atoms with Crippen LogP contribution in [-0.2, 0) is 34.1 Å². The van der Waals surface area contributed by atoms with E-state index in [4.69, 9.17) is 28.3 Å². The van der Waals surface area contributed by atoms with E-state index >= 15 is 0 Å². The summed E-state index contributed by atoms with van der Waals surface area (Å²) in [6, 6.07) is 18.8. The summed E-state index contributed by atoms with van der Waals surface area (Å²) in [7, 11) is -2.39. The van der Waals surface area contributed by atoms with Crippen molar-refractivity contribution in [2.24, 2.45) is 11.8 Å². The molecule has 3 aromatic carbocycles. The lowest BCUT2D eigenvalue weighted by atomic mass is 9.88. The molecule has 1 aliphatic rings. The van der Waals surface area contributed by atoms with Crippen LogP contribution >= 0.6 is 23.2 Å². The molecule has 4 rings (SSSR count). The molecule has 6 nitrogen and oxygen atoms in total. The van der Waals surface area contributed by atoms with Crippen molar-refractivity contribution in [2.45, 2.75) is 56.9 Å². The predicted molar refractivity (Wildman–Crippen MR) is 166 cm³/mol. The highest BCUT2D eigenvalue weighted by Crippen LogP contribution is 2.37. The summed E-state index contributed by atoms with van der Waals surface area (Å²) >= 11 is 13.0. The number of benzene rings is 3. The lowest BCUT2D eigenvalue weighted by Gasteiger charge is -2.31. The molecule has 0 aromatic heterocycles. The van der Waals surface area contributed by atoms with Crippen LogP contribution in [0, 0.1) is 11.8 Å². The Hall–Kier alpha value is -2.42. The quantitative estimate of drug-likeness (QED) is 0.236. The maximum atomic E-state index is 13.5. The zero-order valence-corrected chi connectivity index (χ0v) is 26.3. The van der Waals surface area contributed by atoms with Gasteiger partial charge in [-0.25, -0.2) is 12.7 Å². The first-order valence-corrected chi connectivity index (χ1v) is 16.0. The van der Waals surface area contributed by atoms with E-state index in [-0.39, 0.29) is 32.8 Å². The molecule has 220 valence electrons. The van der Waals surface area contributed by atoms with E-state index in [9.17, 15) is 13.2 Å². The van der Waals surface area contributed by atoms with Crippen molar-refractivity contribution in [1.82, 2.24) is 9.62 Å². The lowest BCUT2D eigenvalue weighted by molar-refractivity contribution is -0.136. The number of carboxylic acids is 1. The Morgan fingerprint density at radius 2 is 1.59 bits per heavy atom. The van der Waals surface area contributed by atoms with Gasteiger partial charge in [-0.2, -0.15) is 0 Å². The molecule has 9 heteroatoms. The molecule has 0 spiro atoms. The molecule has 1 atom stereocenters. The number of hydrogen-bond donors (Lipinski definition) is 2. The maximum absolute atomic E-state index is 13.5. The van der Waals surface area contributed by atoms with E-state index in [0.29, 0.717) is 30.1 Å². The van der Waals surface area contributed by atoms with E-state index in [1.165, 1.54) is 15.4 Å². The van der Waals surface area contributed by atoms with Crippen LogP contribution in [0.25, 0.3) is 11.1 Å². The smallest absolute Gasteiger partial charge is 0.307 e. The van der Waals surface area contributed by atoms with Gasteiger partial charge in [-0.05, 0) is 91.4 Å². The second-order valence-corrected chi connectivity index (χ2v) is 14.7. The minimum Gasteiger partial charge on any atom is -0.481 e. The van der Waals surface area contributed by atoms with Gasteiger partial charge in [-0.15, -0.1) is 0 Å². The molecular weight excluding hydrogens is 579 g/mol. The summed E-state index contributed by atoms with van der Waals surface area (Å²) in [5, 5.41) is 12.7. The zero-order chi connectivity index (χ0) is 29.9. The average molecular weight is 618 g/mol. The number of carboxylic acid groups (broad SMARTS) is 1. The van der Waals surface area contributed by atoms with Crippen LogP contribution in [-0.4, -0.2) is 49.5 Å². The largest absolute Gasteiger partial charge is 0.481 e. The van der Waals surface area contributed by atoms with E-state index in [0.717, 1.165) is 24.8 Å². The Kier molecular flexibility index (Phi) is 9.87. The second kappa shape index (κ2) is 12.8. The Morgan fingerprint density at radius 3 is 2.12 bits per heavy atom. The molecule has 0 saturated heterocycles. The third kappa shape index (κ3) is 7.90. The second-order valence-electron chi connectivity index (χ2n) is 11.9. The molecule has 0 saturated carbocycles. The fourth-order valence-electron chi connectivity index (χ4n) is 5.76. The summed E-state index contributed by atoms with van der Waals surface area (Å²) in [4.78, 5) is 10.8. The molecule has 0 heterocycles. The normalized spacial score (nSPS) is 14.8. The van der Waals surface area contributed by atoms with Gasteiger partial charge < -0.3 is 10.4 Å². The van der Waals surface area contributed by atoms with Crippen molar-refractivity contribution >= 4 is 39.2 Å². The van der Waals surface area contributed by atoms with Gasteiger partial charge in [-0.1, -0.05) is 78.7 Å². The van der Waals surface area contributed by atoms with Gasteiger partial charge in [-0.3, -0.25) is 4.79 Å². The molecule has 0 aliphatic heterocycles. The summed E-state index contributed by atoms with van der Waals surface area (Å²) < 4.78 is 28.4. The number of carbonyl (C=O) groups is 1. The fourth-order valence-corrected chi connectivity index (χ4v) is 8.20. The molecule has 41 heavy (non-hydrogen) atoms. The van der Waals surface area contributed by atoms with Crippen molar-refractivity contribution in [2.75, 3.05) is 20.1 Å². The molecule has 0 bridgehead atoms. The van der Waals surface area contributed by atoms with Crippen molar-refractivity contribution in [3.05, 3.63) is 87.4 Å². The summed E-state index contributed by atoms with van der Waals surface area (Å²) in [6.45, 7) is 7.43. The Balaban J connectivity index is 1.37. The van der Waals surface area contributed by atoms with Gasteiger partial charge >= 0.3 is 5.97 Å². The van der Waals surface area contributed by atoms with Gasteiger partial charge in [0.15, 0.2) is 0 Å². The third-order valence-electron chi connectivity index (χ3n) is 7.74. The lowest BCUT2D eigenvalue weighted by Crippen LogP contribution is -2.45.